The van der Waals surface area contributed by atoms with Crippen LogP contribution < -0.4 is 0 Å². The third-order valence-electron chi connectivity index (χ3n) is 4.14. The highest BCUT2D eigenvalue weighted by Crippen LogP contribution is 2.26. The summed E-state index contributed by atoms with van der Waals surface area (Å²) in [5.74, 6) is 0.215. The summed E-state index contributed by atoms with van der Waals surface area (Å²) in [5, 5.41) is 10.7. The zero-order valence-electron chi connectivity index (χ0n) is 14.8. The zero-order valence-corrected chi connectivity index (χ0v) is 16.3. The number of hydrogen-bond donors (Lipinski definition) is 0. The number of carbonyl (C=O) groups excluding carboxylic acids is 1. The summed E-state index contributed by atoms with van der Waals surface area (Å²) < 4.78 is 0. The van der Waals surface area contributed by atoms with Crippen molar-refractivity contribution in [3.63, 3.8) is 0 Å². The van der Waals surface area contributed by atoms with Crippen LogP contribution in [0.1, 0.15) is 27.9 Å². The second-order valence-corrected chi connectivity index (χ2v) is 7.31. The minimum Gasteiger partial charge on any atom is -0.341 e. The van der Waals surface area contributed by atoms with Gasteiger partial charge in [0.15, 0.2) is 0 Å². The number of benzene rings is 1. The van der Waals surface area contributed by atoms with Gasteiger partial charge in [-0.1, -0.05) is 35.5 Å². The molecule has 0 spiro atoms. The van der Waals surface area contributed by atoms with Crippen LogP contribution >= 0.6 is 23.4 Å². The summed E-state index contributed by atoms with van der Waals surface area (Å²) in [6.07, 6.45) is 0. The zero-order chi connectivity index (χ0) is 18.6. The van der Waals surface area contributed by atoms with Gasteiger partial charge in [0, 0.05) is 24.3 Å². The third kappa shape index (κ3) is 4.75. The van der Waals surface area contributed by atoms with Gasteiger partial charge in [-0.15, -0.1) is 0 Å². The van der Waals surface area contributed by atoms with Gasteiger partial charge in [-0.3, -0.25) is 4.79 Å². The van der Waals surface area contributed by atoms with Crippen molar-refractivity contribution in [1.82, 2.24) is 9.88 Å². The van der Waals surface area contributed by atoms with Crippen LogP contribution in [0.5, 0.6) is 0 Å². The van der Waals surface area contributed by atoms with E-state index in [1.54, 1.807) is 18.0 Å². The number of nitriles is 1. The monoisotopic (exact) mass is 373 g/mol. The summed E-state index contributed by atoms with van der Waals surface area (Å²) in [7, 11) is 1.76. The quantitative estimate of drug-likeness (QED) is 0.734. The molecule has 0 saturated carbocycles. The van der Waals surface area contributed by atoms with Crippen LogP contribution in [0.4, 0.5) is 0 Å². The Morgan fingerprint density at radius 3 is 2.68 bits per heavy atom. The molecule has 2 rings (SSSR count). The summed E-state index contributed by atoms with van der Waals surface area (Å²) >= 11 is 7.29. The van der Waals surface area contributed by atoms with Gasteiger partial charge in [-0.2, -0.15) is 5.26 Å². The Bertz CT molecular complexity index is 845. The largest absolute Gasteiger partial charge is 0.341 e. The Kier molecular flexibility index (Phi) is 6.46. The Labute approximate surface area is 157 Å². The molecular formula is C19H20ClN3OS. The molecule has 1 aromatic heterocycles. The number of hydrogen-bond acceptors (Lipinski definition) is 4. The van der Waals surface area contributed by atoms with E-state index in [9.17, 15) is 10.1 Å². The van der Waals surface area contributed by atoms with Crippen LogP contribution in [0.2, 0.25) is 5.02 Å². The second-order valence-electron chi connectivity index (χ2n) is 5.91. The van der Waals surface area contributed by atoms with Crippen molar-refractivity contribution in [3.05, 3.63) is 57.2 Å². The van der Waals surface area contributed by atoms with Gasteiger partial charge in [0.05, 0.1) is 11.3 Å². The Hall–Kier alpha value is -2.03. The minimum absolute atomic E-state index is 0.0217. The number of aryl methyl sites for hydroxylation is 1. The van der Waals surface area contributed by atoms with Crippen LogP contribution in [0.3, 0.4) is 0 Å². The van der Waals surface area contributed by atoms with E-state index in [1.165, 1.54) is 11.8 Å². The van der Waals surface area contributed by atoms with Gasteiger partial charge in [0.1, 0.15) is 11.1 Å². The van der Waals surface area contributed by atoms with Crippen LogP contribution in [0.15, 0.2) is 29.3 Å². The predicted molar refractivity (Wildman–Crippen MR) is 102 cm³/mol. The lowest BCUT2D eigenvalue weighted by Crippen LogP contribution is -2.27. The number of pyridine rings is 1. The molecule has 25 heavy (non-hydrogen) atoms. The molecule has 0 aliphatic rings. The van der Waals surface area contributed by atoms with Gasteiger partial charge in [-0.25, -0.2) is 4.98 Å². The molecule has 0 bridgehead atoms. The predicted octanol–water partition coefficient (Wildman–Crippen LogP) is 4.28. The number of amides is 1. The number of halogens is 1. The molecular weight excluding hydrogens is 354 g/mol. The minimum atomic E-state index is -0.0217. The maximum Gasteiger partial charge on any atom is 0.233 e. The van der Waals surface area contributed by atoms with Gasteiger partial charge in [0.2, 0.25) is 5.91 Å². The topological polar surface area (TPSA) is 57.0 Å². The molecule has 130 valence electrons. The van der Waals surface area contributed by atoms with Crippen LogP contribution in [-0.4, -0.2) is 28.6 Å². The fraction of sp³-hybridized carbons (Fsp3) is 0.316. The molecule has 1 heterocycles. The van der Waals surface area contributed by atoms with E-state index in [-0.39, 0.29) is 11.7 Å². The van der Waals surface area contributed by atoms with E-state index in [4.69, 9.17) is 11.6 Å². The van der Waals surface area contributed by atoms with E-state index < -0.39 is 0 Å². The lowest BCUT2D eigenvalue weighted by atomic mass is 10.1. The van der Waals surface area contributed by atoms with Crippen molar-refractivity contribution in [2.24, 2.45) is 0 Å². The lowest BCUT2D eigenvalue weighted by molar-refractivity contribution is -0.127. The molecule has 0 aliphatic heterocycles. The average Bonchev–Trinajstić information content (AvgIpc) is 2.57. The van der Waals surface area contributed by atoms with Gasteiger partial charge in [-0.05, 0) is 49.6 Å². The molecule has 0 fully saturated rings. The number of aromatic nitrogens is 1. The van der Waals surface area contributed by atoms with Crippen molar-refractivity contribution in [3.8, 4) is 6.07 Å². The summed E-state index contributed by atoms with van der Waals surface area (Å²) in [4.78, 5) is 18.5. The van der Waals surface area contributed by atoms with Crippen molar-refractivity contribution in [1.29, 1.82) is 5.26 Å². The van der Waals surface area contributed by atoms with Crippen molar-refractivity contribution in [2.45, 2.75) is 32.3 Å². The highest BCUT2D eigenvalue weighted by molar-refractivity contribution is 8.00. The summed E-state index contributed by atoms with van der Waals surface area (Å²) in [6, 6.07) is 9.66. The molecule has 0 radical (unpaired) electrons. The fourth-order valence-corrected chi connectivity index (χ4v) is 3.62. The second kappa shape index (κ2) is 8.37. The molecule has 2 aromatic rings. The molecule has 4 nitrogen and oxygen atoms in total. The summed E-state index contributed by atoms with van der Waals surface area (Å²) in [6.45, 7) is 6.28. The third-order valence-corrected chi connectivity index (χ3v) is 5.34. The molecule has 0 saturated heterocycles. The van der Waals surface area contributed by atoms with Crippen molar-refractivity contribution in [2.75, 3.05) is 12.8 Å². The van der Waals surface area contributed by atoms with E-state index in [0.717, 1.165) is 22.4 Å². The number of thioether (sulfide) groups is 1. The van der Waals surface area contributed by atoms with Crippen LogP contribution in [-0.2, 0) is 11.3 Å². The first kappa shape index (κ1) is 19.3. The summed E-state index contributed by atoms with van der Waals surface area (Å²) in [5.41, 5.74) is 4.37. The molecule has 1 aromatic carbocycles. The maximum atomic E-state index is 12.4. The van der Waals surface area contributed by atoms with Gasteiger partial charge >= 0.3 is 0 Å². The normalized spacial score (nSPS) is 10.4. The molecule has 0 unspecified atom stereocenters. The van der Waals surface area contributed by atoms with E-state index in [0.29, 0.717) is 22.2 Å². The maximum absolute atomic E-state index is 12.4. The fourth-order valence-electron chi connectivity index (χ4n) is 2.39. The molecule has 1 amide bonds. The first-order valence-corrected chi connectivity index (χ1v) is 9.19. The van der Waals surface area contributed by atoms with Gasteiger partial charge < -0.3 is 4.90 Å². The van der Waals surface area contributed by atoms with Crippen molar-refractivity contribution >= 4 is 29.3 Å². The highest BCUT2D eigenvalue weighted by atomic mass is 35.5. The van der Waals surface area contributed by atoms with E-state index in [2.05, 4.69) is 11.1 Å². The van der Waals surface area contributed by atoms with Crippen LogP contribution in [0, 0.1) is 32.1 Å². The van der Waals surface area contributed by atoms with Gasteiger partial charge in [0.25, 0.3) is 0 Å². The molecule has 6 heteroatoms. The van der Waals surface area contributed by atoms with E-state index >= 15 is 0 Å². The van der Waals surface area contributed by atoms with Crippen LogP contribution in [0.25, 0.3) is 0 Å². The number of nitrogens with zero attached hydrogens (tertiary/aromatic N) is 3. The SMILES string of the molecule is Cc1nc(SCC(=O)N(C)Cc2cccc(Cl)c2)c(C#N)c(C)c1C. The van der Waals surface area contributed by atoms with Crippen molar-refractivity contribution < 1.29 is 4.79 Å². The smallest absolute Gasteiger partial charge is 0.233 e. The standard InChI is InChI=1S/C19H20ClN3OS/c1-12-13(2)17(9-21)19(22-14(12)3)25-11-18(24)23(4)10-15-6-5-7-16(20)8-15/h5-8H,10-11H2,1-4H3. The molecule has 0 N–H and O–H groups in total. The number of carbonyl (C=O) groups is 1. The highest BCUT2D eigenvalue weighted by Gasteiger charge is 2.16. The average molecular weight is 374 g/mol. The van der Waals surface area contributed by atoms with E-state index in [1.807, 2.05) is 39.0 Å². The Morgan fingerprint density at radius 1 is 1.32 bits per heavy atom. The first-order valence-electron chi connectivity index (χ1n) is 7.82. The first-order chi connectivity index (χ1) is 11.8. The number of rotatable bonds is 5. The molecule has 0 aliphatic carbocycles. The Balaban J connectivity index is 2.06. The lowest BCUT2D eigenvalue weighted by Gasteiger charge is -2.18. The molecule has 0 atom stereocenters. The Morgan fingerprint density at radius 2 is 2.04 bits per heavy atom.